The molecule has 1 N–H and O–H groups in total. The molecule has 1 aliphatic rings. The molecule has 23 heavy (non-hydrogen) atoms. The van der Waals surface area contributed by atoms with Crippen molar-refractivity contribution < 1.29 is 8.42 Å². The predicted molar refractivity (Wildman–Crippen MR) is 94.8 cm³/mol. The first-order chi connectivity index (χ1) is 10.8. The van der Waals surface area contributed by atoms with Crippen molar-refractivity contribution in [1.29, 1.82) is 0 Å². The van der Waals surface area contributed by atoms with Gasteiger partial charge in [-0.1, -0.05) is 29.8 Å². The van der Waals surface area contributed by atoms with Gasteiger partial charge in [-0.2, -0.15) is 12.7 Å². The van der Waals surface area contributed by atoms with Crippen molar-refractivity contribution in [3.05, 3.63) is 34.9 Å². The average Bonchev–Trinajstić information content (AvgIpc) is 3.02. The Kier molecular flexibility index (Phi) is 6.45. The molecule has 1 aromatic rings. The van der Waals surface area contributed by atoms with E-state index < -0.39 is 10.2 Å². The quantitative estimate of drug-likeness (QED) is 0.814. The summed E-state index contributed by atoms with van der Waals surface area (Å²) in [5.74, 6) is 0. The van der Waals surface area contributed by atoms with Crippen LogP contribution < -0.4 is 4.72 Å². The second kappa shape index (κ2) is 7.94. The smallest absolute Gasteiger partial charge is 0.279 e. The third kappa shape index (κ3) is 4.67. The maximum atomic E-state index is 12.4. The van der Waals surface area contributed by atoms with E-state index in [9.17, 15) is 8.42 Å². The fourth-order valence-corrected chi connectivity index (χ4v) is 4.19. The Bertz CT molecular complexity index is 616. The Balaban J connectivity index is 2.18. The van der Waals surface area contributed by atoms with Gasteiger partial charge in [-0.05, 0) is 51.4 Å². The van der Waals surface area contributed by atoms with Crippen molar-refractivity contribution >= 4 is 21.8 Å². The van der Waals surface area contributed by atoms with Crippen LogP contribution in [0.3, 0.4) is 0 Å². The van der Waals surface area contributed by atoms with Crippen LogP contribution >= 0.6 is 11.6 Å². The van der Waals surface area contributed by atoms with Gasteiger partial charge in [-0.25, -0.2) is 4.72 Å². The summed E-state index contributed by atoms with van der Waals surface area (Å²) in [6, 6.07) is 7.54. The van der Waals surface area contributed by atoms with E-state index in [1.807, 2.05) is 38.1 Å². The molecule has 130 valence electrons. The van der Waals surface area contributed by atoms with Crippen molar-refractivity contribution in [3.63, 3.8) is 0 Å². The van der Waals surface area contributed by atoms with Crippen molar-refractivity contribution in [1.82, 2.24) is 13.9 Å². The lowest BCUT2D eigenvalue weighted by atomic mass is 10.1. The number of nitrogens with one attached hydrogen (secondary N) is 1. The van der Waals surface area contributed by atoms with Gasteiger partial charge in [-0.3, -0.25) is 4.90 Å². The summed E-state index contributed by atoms with van der Waals surface area (Å²) in [4.78, 5) is 2.30. The van der Waals surface area contributed by atoms with Crippen molar-refractivity contribution in [2.45, 2.75) is 38.8 Å². The summed E-state index contributed by atoms with van der Waals surface area (Å²) >= 11 is 6.35. The second-order valence-electron chi connectivity index (χ2n) is 6.24. The van der Waals surface area contributed by atoms with Gasteiger partial charge in [0.25, 0.3) is 10.2 Å². The highest BCUT2D eigenvalue weighted by Gasteiger charge is 2.28. The molecule has 0 spiro atoms. The molecule has 0 aliphatic carbocycles. The van der Waals surface area contributed by atoms with Gasteiger partial charge in [0, 0.05) is 30.7 Å². The number of hydrogen-bond donors (Lipinski definition) is 1. The second-order valence-corrected chi connectivity index (χ2v) is 8.47. The topological polar surface area (TPSA) is 52.7 Å². The minimum Gasteiger partial charge on any atom is -0.295 e. The lowest BCUT2D eigenvalue weighted by Crippen LogP contribution is -2.45. The van der Waals surface area contributed by atoms with E-state index in [1.54, 1.807) is 7.05 Å². The van der Waals surface area contributed by atoms with E-state index in [-0.39, 0.29) is 12.1 Å². The number of benzene rings is 1. The molecule has 2 rings (SSSR count). The summed E-state index contributed by atoms with van der Waals surface area (Å²) in [6.07, 6.45) is 2.28. The number of likely N-dealkylation sites (tertiary alicyclic amines) is 1. The molecule has 0 aromatic heterocycles. The van der Waals surface area contributed by atoms with Crippen LogP contribution in [0.5, 0.6) is 0 Å². The highest BCUT2D eigenvalue weighted by molar-refractivity contribution is 7.87. The molecular formula is C16H26ClN3O2S. The first kappa shape index (κ1) is 18.7. The average molecular weight is 360 g/mol. The van der Waals surface area contributed by atoms with Crippen LogP contribution in [-0.4, -0.2) is 50.3 Å². The lowest BCUT2D eigenvalue weighted by Gasteiger charge is -2.30. The normalized spacial score (nSPS) is 18.0. The standard InChI is InChI=1S/C16H26ClN3O2S/c1-13(2)19(3)23(21,22)18-12-16(20-10-6-7-11-20)14-8-4-5-9-15(14)17/h4-5,8-9,13,16,18H,6-7,10-12H2,1-3H3/t16-/m0/s1. The van der Waals surface area contributed by atoms with Crippen molar-refractivity contribution in [2.24, 2.45) is 0 Å². The third-order valence-electron chi connectivity index (χ3n) is 4.41. The fourth-order valence-electron chi connectivity index (χ4n) is 2.80. The van der Waals surface area contributed by atoms with Gasteiger partial charge in [-0.15, -0.1) is 0 Å². The summed E-state index contributed by atoms with van der Waals surface area (Å²) in [5.41, 5.74) is 0.978. The lowest BCUT2D eigenvalue weighted by molar-refractivity contribution is 0.245. The summed E-state index contributed by atoms with van der Waals surface area (Å²) < 4.78 is 28.8. The van der Waals surface area contributed by atoms with E-state index >= 15 is 0 Å². The monoisotopic (exact) mass is 359 g/mol. The Morgan fingerprint density at radius 2 is 1.87 bits per heavy atom. The molecule has 0 saturated carbocycles. The SMILES string of the molecule is CC(C)N(C)S(=O)(=O)NC[C@@H](c1ccccc1Cl)N1CCCC1. The molecule has 1 aliphatic heterocycles. The van der Waals surface area contributed by atoms with E-state index in [1.165, 1.54) is 4.31 Å². The molecule has 5 nitrogen and oxygen atoms in total. The number of hydrogen-bond acceptors (Lipinski definition) is 3. The maximum Gasteiger partial charge on any atom is 0.279 e. The van der Waals surface area contributed by atoms with Gasteiger partial charge in [0.2, 0.25) is 0 Å². The van der Waals surface area contributed by atoms with E-state index in [0.29, 0.717) is 11.6 Å². The maximum absolute atomic E-state index is 12.4. The van der Waals surface area contributed by atoms with Gasteiger partial charge in [0.15, 0.2) is 0 Å². The number of halogens is 1. The highest BCUT2D eigenvalue weighted by atomic mass is 35.5. The molecule has 1 atom stereocenters. The van der Waals surface area contributed by atoms with Crippen LogP contribution in [-0.2, 0) is 10.2 Å². The molecule has 0 bridgehead atoms. The summed E-state index contributed by atoms with van der Waals surface area (Å²) in [7, 11) is -1.90. The minimum atomic E-state index is -3.49. The van der Waals surface area contributed by atoms with Gasteiger partial charge >= 0.3 is 0 Å². The fraction of sp³-hybridized carbons (Fsp3) is 0.625. The molecule has 0 unspecified atom stereocenters. The Hall–Kier alpha value is -0.660. The third-order valence-corrected chi connectivity index (χ3v) is 6.47. The Labute approximate surface area is 144 Å². The van der Waals surface area contributed by atoms with Crippen molar-refractivity contribution in [2.75, 3.05) is 26.7 Å². The molecule has 7 heteroatoms. The molecule has 0 amide bonds. The largest absolute Gasteiger partial charge is 0.295 e. The van der Waals surface area contributed by atoms with Gasteiger partial charge in [0.1, 0.15) is 0 Å². The molecular weight excluding hydrogens is 334 g/mol. The molecule has 1 heterocycles. The minimum absolute atomic E-state index is 0.0402. The van der Waals surface area contributed by atoms with Crippen LogP contribution in [0.15, 0.2) is 24.3 Å². The zero-order valence-corrected chi connectivity index (χ0v) is 15.6. The van der Waals surface area contributed by atoms with E-state index in [0.717, 1.165) is 31.5 Å². The summed E-state index contributed by atoms with van der Waals surface area (Å²) in [6.45, 7) is 5.97. The zero-order chi connectivity index (χ0) is 17.0. The van der Waals surface area contributed by atoms with Crippen molar-refractivity contribution in [3.8, 4) is 0 Å². The molecule has 1 aromatic carbocycles. The highest BCUT2D eigenvalue weighted by Crippen LogP contribution is 2.29. The van der Waals surface area contributed by atoms with Gasteiger partial charge in [0.05, 0.1) is 0 Å². The zero-order valence-electron chi connectivity index (χ0n) is 14.0. The summed E-state index contributed by atoms with van der Waals surface area (Å²) in [5, 5.41) is 0.681. The van der Waals surface area contributed by atoms with Crippen LogP contribution in [0.25, 0.3) is 0 Å². The van der Waals surface area contributed by atoms with Gasteiger partial charge < -0.3 is 0 Å². The predicted octanol–water partition coefficient (Wildman–Crippen LogP) is 2.65. The van der Waals surface area contributed by atoms with Crippen LogP contribution in [0, 0.1) is 0 Å². The number of nitrogens with zero attached hydrogens (tertiary/aromatic N) is 2. The first-order valence-corrected chi connectivity index (χ1v) is 9.86. The molecule has 1 fully saturated rings. The first-order valence-electron chi connectivity index (χ1n) is 8.04. The van der Waals surface area contributed by atoms with Crippen LogP contribution in [0.2, 0.25) is 5.02 Å². The number of rotatable bonds is 7. The molecule has 1 saturated heterocycles. The van der Waals surface area contributed by atoms with E-state index in [4.69, 9.17) is 11.6 Å². The van der Waals surface area contributed by atoms with Crippen LogP contribution in [0.4, 0.5) is 0 Å². The van der Waals surface area contributed by atoms with E-state index in [2.05, 4.69) is 9.62 Å². The Morgan fingerprint density at radius 3 is 2.43 bits per heavy atom. The molecule has 0 radical (unpaired) electrons. The Morgan fingerprint density at radius 1 is 1.26 bits per heavy atom. The van der Waals surface area contributed by atoms with Crippen LogP contribution in [0.1, 0.15) is 38.3 Å².